The van der Waals surface area contributed by atoms with E-state index in [9.17, 15) is 0 Å². The van der Waals surface area contributed by atoms with Crippen LogP contribution in [0.2, 0.25) is 0 Å². The van der Waals surface area contributed by atoms with E-state index < -0.39 is 0 Å². The third-order valence-electron chi connectivity index (χ3n) is 2.42. The molecule has 1 N–H and O–H groups in total. The molecule has 0 aromatic rings. The Labute approximate surface area is 69.3 Å². The SMILES string of the molecule is COCC1(C)CCCCCN1. The molecule has 0 aromatic carbocycles. The van der Waals surface area contributed by atoms with E-state index in [1.807, 2.05) is 0 Å². The van der Waals surface area contributed by atoms with Gasteiger partial charge in [-0.3, -0.25) is 0 Å². The lowest BCUT2D eigenvalue weighted by molar-refractivity contribution is 0.116. The highest BCUT2D eigenvalue weighted by Gasteiger charge is 2.24. The highest BCUT2D eigenvalue weighted by atomic mass is 16.5. The molecule has 1 fully saturated rings. The van der Waals surface area contributed by atoms with Crippen LogP contribution in [-0.2, 0) is 4.74 Å². The molecule has 2 heteroatoms. The number of hydrogen-bond acceptors (Lipinski definition) is 2. The molecule has 0 saturated carbocycles. The third kappa shape index (κ3) is 2.80. The average Bonchev–Trinajstić information content (AvgIpc) is 2.15. The van der Waals surface area contributed by atoms with Crippen LogP contribution in [0.15, 0.2) is 0 Å². The molecule has 66 valence electrons. The van der Waals surface area contributed by atoms with Gasteiger partial charge in [0.1, 0.15) is 0 Å². The van der Waals surface area contributed by atoms with Crippen LogP contribution < -0.4 is 5.32 Å². The number of nitrogens with one attached hydrogen (secondary N) is 1. The molecule has 1 aliphatic heterocycles. The quantitative estimate of drug-likeness (QED) is 0.656. The minimum atomic E-state index is 0.241. The van der Waals surface area contributed by atoms with Gasteiger partial charge in [0.05, 0.1) is 6.61 Å². The van der Waals surface area contributed by atoms with E-state index in [2.05, 4.69) is 12.2 Å². The summed E-state index contributed by atoms with van der Waals surface area (Å²) < 4.78 is 5.18. The summed E-state index contributed by atoms with van der Waals surface area (Å²) in [6, 6.07) is 0. The van der Waals surface area contributed by atoms with Crippen LogP contribution in [0.1, 0.15) is 32.6 Å². The molecule has 11 heavy (non-hydrogen) atoms. The summed E-state index contributed by atoms with van der Waals surface area (Å²) in [4.78, 5) is 0. The first-order chi connectivity index (χ1) is 5.27. The van der Waals surface area contributed by atoms with Crippen LogP contribution in [0.5, 0.6) is 0 Å². The molecule has 1 unspecified atom stereocenters. The molecule has 1 saturated heterocycles. The number of ether oxygens (including phenoxy) is 1. The smallest absolute Gasteiger partial charge is 0.0641 e. The van der Waals surface area contributed by atoms with Crippen molar-refractivity contribution >= 4 is 0 Å². The maximum absolute atomic E-state index is 5.18. The van der Waals surface area contributed by atoms with Gasteiger partial charge in [-0.15, -0.1) is 0 Å². The second-order valence-electron chi connectivity index (χ2n) is 3.73. The Morgan fingerprint density at radius 2 is 2.18 bits per heavy atom. The summed E-state index contributed by atoms with van der Waals surface area (Å²) in [7, 11) is 1.78. The topological polar surface area (TPSA) is 21.3 Å². The van der Waals surface area contributed by atoms with Crippen LogP contribution in [0.25, 0.3) is 0 Å². The van der Waals surface area contributed by atoms with Gasteiger partial charge in [-0.1, -0.05) is 12.8 Å². The molecule has 2 nitrogen and oxygen atoms in total. The largest absolute Gasteiger partial charge is 0.383 e. The Kier molecular flexibility index (Phi) is 3.34. The fourth-order valence-corrected chi connectivity index (χ4v) is 1.74. The van der Waals surface area contributed by atoms with Crippen LogP contribution in [0.4, 0.5) is 0 Å². The normalized spacial score (nSPS) is 33.3. The van der Waals surface area contributed by atoms with E-state index >= 15 is 0 Å². The zero-order chi connectivity index (χ0) is 8.16. The fourth-order valence-electron chi connectivity index (χ4n) is 1.74. The summed E-state index contributed by atoms with van der Waals surface area (Å²) in [5.41, 5.74) is 0.241. The molecule has 1 rings (SSSR count). The first-order valence-corrected chi connectivity index (χ1v) is 4.51. The molecule has 0 amide bonds. The predicted molar refractivity (Wildman–Crippen MR) is 46.8 cm³/mol. The number of hydrogen-bond donors (Lipinski definition) is 1. The standard InChI is InChI=1S/C9H19NO/c1-9(8-11-2)6-4-3-5-7-10-9/h10H,3-8H2,1-2H3. The van der Waals surface area contributed by atoms with Gasteiger partial charge in [-0.25, -0.2) is 0 Å². The van der Waals surface area contributed by atoms with Gasteiger partial charge in [-0.2, -0.15) is 0 Å². The van der Waals surface area contributed by atoms with Crippen molar-refractivity contribution in [1.29, 1.82) is 0 Å². The van der Waals surface area contributed by atoms with Crippen molar-refractivity contribution < 1.29 is 4.74 Å². The molecule has 0 aromatic heterocycles. The summed E-state index contributed by atoms with van der Waals surface area (Å²) in [6.45, 7) is 4.24. The minimum Gasteiger partial charge on any atom is -0.383 e. The van der Waals surface area contributed by atoms with Crippen LogP contribution in [-0.4, -0.2) is 25.8 Å². The van der Waals surface area contributed by atoms with Crippen molar-refractivity contribution in [3.8, 4) is 0 Å². The van der Waals surface area contributed by atoms with Crippen molar-refractivity contribution in [2.45, 2.75) is 38.1 Å². The van der Waals surface area contributed by atoms with Crippen molar-refractivity contribution in [2.24, 2.45) is 0 Å². The van der Waals surface area contributed by atoms with Crippen molar-refractivity contribution in [2.75, 3.05) is 20.3 Å². The molecular weight excluding hydrogens is 138 g/mol. The van der Waals surface area contributed by atoms with E-state index in [0.717, 1.165) is 13.2 Å². The molecule has 1 aliphatic rings. The summed E-state index contributed by atoms with van der Waals surface area (Å²) in [5.74, 6) is 0. The Hall–Kier alpha value is -0.0800. The molecule has 1 heterocycles. The van der Waals surface area contributed by atoms with E-state index in [4.69, 9.17) is 4.74 Å². The lowest BCUT2D eigenvalue weighted by Gasteiger charge is -2.28. The molecule has 1 atom stereocenters. The first kappa shape index (κ1) is 9.01. The van der Waals surface area contributed by atoms with Gasteiger partial charge in [0.25, 0.3) is 0 Å². The van der Waals surface area contributed by atoms with E-state index in [-0.39, 0.29) is 5.54 Å². The lowest BCUT2D eigenvalue weighted by Crippen LogP contribution is -2.45. The molecular formula is C9H19NO. The van der Waals surface area contributed by atoms with Crippen LogP contribution in [0, 0.1) is 0 Å². The van der Waals surface area contributed by atoms with Crippen molar-refractivity contribution in [3.63, 3.8) is 0 Å². The van der Waals surface area contributed by atoms with Gasteiger partial charge in [-0.05, 0) is 26.3 Å². The predicted octanol–water partition coefficient (Wildman–Crippen LogP) is 1.56. The Balaban J connectivity index is 2.38. The number of methoxy groups -OCH3 is 1. The fraction of sp³-hybridized carbons (Fsp3) is 1.00. The van der Waals surface area contributed by atoms with Crippen molar-refractivity contribution in [3.05, 3.63) is 0 Å². The minimum absolute atomic E-state index is 0.241. The Bertz CT molecular complexity index is 106. The van der Waals surface area contributed by atoms with Crippen LogP contribution >= 0.6 is 0 Å². The van der Waals surface area contributed by atoms with Gasteiger partial charge >= 0.3 is 0 Å². The molecule has 0 spiro atoms. The lowest BCUT2D eigenvalue weighted by atomic mass is 9.97. The highest BCUT2D eigenvalue weighted by molar-refractivity contribution is 4.84. The zero-order valence-electron chi connectivity index (χ0n) is 7.65. The van der Waals surface area contributed by atoms with Gasteiger partial charge in [0.2, 0.25) is 0 Å². The van der Waals surface area contributed by atoms with E-state index in [1.54, 1.807) is 7.11 Å². The van der Waals surface area contributed by atoms with Gasteiger partial charge < -0.3 is 10.1 Å². The van der Waals surface area contributed by atoms with Crippen LogP contribution in [0.3, 0.4) is 0 Å². The van der Waals surface area contributed by atoms with E-state index in [1.165, 1.54) is 25.7 Å². The van der Waals surface area contributed by atoms with Crippen molar-refractivity contribution in [1.82, 2.24) is 5.32 Å². The second kappa shape index (κ2) is 4.07. The first-order valence-electron chi connectivity index (χ1n) is 4.51. The third-order valence-corrected chi connectivity index (χ3v) is 2.42. The summed E-state index contributed by atoms with van der Waals surface area (Å²) >= 11 is 0. The average molecular weight is 157 g/mol. The number of rotatable bonds is 2. The molecule has 0 radical (unpaired) electrons. The second-order valence-corrected chi connectivity index (χ2v) is 3.73. The zero-order valence-corrected chi connectivity index (χ0v) is 7.65. The maximum Gasteiger partial charge on any atom is 0.0641 e. The monoisotopic (exact) mass is 157 g/mol. The van der Waals surface area contributed by atoms with E-state index in [0.29, 0.717) is 0 Å². The summed E-state index contributed by atoms with van der Waals surface area (Å²) in [5, 5.41) is 3.53. The summed E-state index contributed by atoms with van der Waals surface area (Å²) in [6.07, 6.45) is 5.28. The molecule has 0 bridgehead atoms. The maximum atomic E-state index is 5.18. The van der Waals surface area contributed by atoms with Gasteiger partial charge in [0.15, 0.2) is 0 Å². The molecule has 0 aliphatic carbocycles. The Morgan fingerprint density at radius 3 is 2.91 bits per heavy atom. The highest BCUT2D eigenvalue weighted by Crippen LogP contribution is 2.18. The van der Waals surface area contributed by atoms with Gasteiger partial charge in [0, 0.05) is 12.6 Å². The Morgan fingerprint density at radius 1 is 1.36 bits per heavy atom.